The molecular weight excluding hydrogens is 472 g/mol. The lowest BCUT2D eigenvalue weighted by molar-refractivity contribution is -0.137. The fourth-order valence-electron chi connectivity index (χ4n) is 2.04. The maximum absolute atomic E-state index is 12.7. The van der Waals surface area contributed by atoms with E-state index >= 15 is 0 Å². The highest BCUT2D eigenvalue weighted by atomic mass is 127. The minimum absolute atomic E-state index is 0. The number of imidazole rings is 1. The van der Waals surface area contributed by atoms with Gasteiger partial charge in [0.2, 0.25) is 0 Å². The number of hydrogen-bond donors (Lipinski definition) is 2. The molecule has 2 aromatic rings. The number of rotatable bonds is 5. The average Bonchev–Trinajstić information content (AvgIpc) is 3.03. The number of guanidine groups is 1. The van der Waals surface area contributed by atoms with E-state index in [4.69, 9.17) is 0 Å². The van der Waals surface area contributed by atoms with Gasteiger partial charge in [0.1, 0.15) is 5.82 Å². The Bertz CT molecular complexity index is 712. The Kier molecular flexibility index (Phi) is 8.24. The molecule has 0 saturated heterocycles. The Labute approximate surface area is 163 Å². The molecule has 0 fully saturated rings. The van der Waals surface area contributed by atoms with Crippen LogP contribution in [0, 0.1) is 0 Å². The highest BCUT2D eigenvalue weighted by molar-refractivity contribution is 14.0. The van der Waals surface area contributed by atoms with Gasteiger partial charge in [-0.1, -0.05) is 12.1 Å². The quantitative estimate of drug-likeness (QED) is 0.291. The van der Waals surface area contributed by atoms with Crippen LogP contribution in [0.2, 0.25) is 0 Å². The third-order valence-corrected chi connectivity index (χ3v) is 3.34. The molecule has 11 heteroatoms. The summed E-state index contributed by atoms with van der Waals surface area (Å²) < 4.78 is 63.7. The summed E-state index contributed by atoms with van der Waals surface area (Å²) >= 11 is 0. The Morgan fingerprint density at radius 2 is 1.77 bits per heavy atom. The topological polar surface area (TPSA) is 54.2 Å². The van der Waals surface area contributed by atoms with Gasteiger partial charge >= 0.3 is 12.7 Å². The molecule has 0 amide bonds. The van der Waals surface area contributed by atoms with Crippen LogP contribution in [0.15, 0.2) is 41.7 Å². The number of nitrogens with one attached hydrogen (secondary N) is 2. The van der Waals surface area contributed by atoms with Crippen LogP contribution >= 0.6 is 24.0 Å². The van der Waals surface area contributed by atoms with E-state index in [0.717, 1.165) is 16.7 Å². The van der Waals surface area contributed by atoms with Gasteiger partial charge in [0.15, 0.2) is 5.96 Å². The smallest absolute Gasteiger partial charge is 0.352 e. The highest BCUT2D eigenvalue weighted by Crippen LogP contribution is 2.29. The van der Waals surface area contributed by atoms with E-state index in [0.29, 0.717) is 11.5 Å². The summed E-state index contributed by atoms with van der Waals surface area (Å²) in [5.41, 5.74) is -0.109. The lowest BCUT2D eigenvalue weighted by atomic mass is 10.1. The minimum atomic E-state index is -4.38. The van der Waals surface area contributed by atoms with E-state index in [1.54, 1.807) is 0 Å². The number of alkyl halides is 5. The fraction of sp³-hybridized carbons (Fsp3) is 0.333. The molecule has 0 unspecified atom stereocenters. The van der Waals surface area contributed by atoms with E-state index < -0.39 is 18.3 Å². The van der Waals surface area contributed by atoms with Gasteiger partial charge in [-0.2, -0.15) is 22.0 Å². The maximum Gasteiger partial charge on any atom is 0.416 e. The molecule has 0 saturated carbocycles. The van der Waals surface area contributed by atoms with Crippen molar-refractivity contribution in [3.05, 3.63) is 53.6 Å². The monoisotopic (exact) mass is 489 g/mol. The van der Waals surface area contributed by atoms with Crippen molar-refractivity contribution in [2.75, 3.05) is 7.05 Å². The lowest BCUT2D eigenvalue weighted by Crippen LogP contribution is -2.37. The van der Waals surface area contributed by atoms with Crippen molar-refractivity contribution in [3.8, 4) is 0 Å². The van der Waals surface area contributed by atoms with Gasteiger partial charge in [-0.25, -0.2) is 4.98 Å². The number of hydrogen-bond acceptors (Lipinski definition) is 2. The highest BCUT2D eigenvalue weighted by Gasteiger charge is 2.29. The number of halogens is 6. The minimum Gasteiger partial charge on any atom is -0.352 e. The number of aliphatic imine (C=N–C) groups is 1. The first kappa shape index (κ1) is 22.1. The van der Waals surface area contributed by atoms with Gasteiger partial charge < -0.3 is 10.6 Å². The standard InChI is InChI=1S/C15H16F5N5.HI/c1-21-14(24-9-12-22-6-7-25(12)13(16)17)23-8-10-2-4-11(5-3-10)15(18,19)20;/h2-7,13H,8-9H2,1H3,(H2,21,23,24);1H. The predicted octanol–water partition coefficient (Wildman–Crippen LogP) is 3.78. The zero-order valence-electron chi connectivity index (χ0n) is 13.6. The molecule has 2 N–H and O–H groups in total. The predicted molar refractivity (Wildman–Crippen MR) is 97.4 cm³/mol. The SMILES string of the molecule is CN=C(NCc1ccc(C(F)(F)F)cc1)NCc1nccn1C(F)F.I. The molecule has 0 aliphatic rings. The zero-order valence-corrected chi connectivity index (χ0v) is 15.9. The second-order valence-corrected chi connectivity index (χ2v) is 5.00. The Balaban J connectivity index is 0.00000338. The van der Waals surface area contributed by atoms with Crippen LogP contribution in [0.4, 0.5) is 22.0 Å². The number of aromatic nitrogens is 2. The van der Waals surface area contributed by atoms with Crippen LogP contribution < -0.4 is 10.6 Å². The molecule has 0 atom stereocenters. The fourth-order valence-corrected chi connectivity index (χ4v) is 2.04. The molecule has 1 heterocycles. The molecule has 0 aliphatic heterocycles. The van der Waals surface area contributed by atoms with Crippen LogP contribution in [0.1, 0.15) is 23.5 Å². The van der Waals surface area contributed by atoms with Crippen molar-refractivity contribution in [2.45, 2.75) is 25.8 Å². The molecular formula is C15H17F5IN5. The summed E-state index contributed by atoms with van der Waals surface area (Å²) in [7, 11) is 1.49. The van der Waals surface area contributed by atoms with E-state index in [1.165, 1.54) is 31.6 Å². The molecule has 0 bridgehead atoms. The molecule has 2 rings (SSSR count). The summed E-state index contributed by atoms with van der Waals surface area (Å²) in [5, 5.41) is 5.70. The number of nitrogens with zero attached hydrogens (tertiary/aromatic N) is 3. The van der Waals surface area contributed by atoms with Gasteiger partial charge in [-0.05, 0) is 17.7 Å². The molecule has 0 radical (unpaired) electrons. The maximum atomic E-state index is 12.7. The number of benzene rings is 1. The molecule has 1 aromatic carbocycles. The largest absolute Gasteiger partial charge is 0.416 e. The molecule has 144 valence electrons. The first-order valence-corrected chi connectivity index (χ1v) is 7.21. The van der Waals surface area contributed by atoms with E-state index in [2.05, 4.69) is 20.6 Å². The van der Waals surface area contributed by atoms with Crippen molar-refractivity contribution in [1.29, 1.82) is 0 Å². The van der Waals surface area contributed by atoms with Crippen molar-refractivity contribution >= 4 is 29.9 Å². The molecule has 5 nitrogen and oxygen atoms in total. The Hall–Kier alpha value is -1.92. The Morgan fingerprint density at radius 1 is 1.15 bits per heavy atom. The first-order chi connectivity index (χ1) is 11.8. The summed E-state index contributed by atoms with van der Waals surface area (Å²) in [5.74, 6) is 0.441. The van der Waals surface area contributed by atoms with Gasteiger partial charge in [0, 0.05) is 26.0 Å². The summed E-state index contributed by atoms with van der Waals surface area (Å²) in [6, 6.07) is 4.69. The third-order valence-electron chi connectivity index (χ3n) is 3.34. The van der Waals surface area contributed by atoms with Gasteiger partial charge in [0.05, 0.1) is 12.1 Å². The molecule has 0 aliphatic carbocycles. The first-order valence-electron chi connectivity index (χ1n) is 7.21. The second kappa shape index (κ2) is 9.69. The molecule has 0 spiro atoms. The van der Waals surface area contributed by atoms with Gasteiger partial charge in [-0.3, -0.25) is 9.56 Å². The van der Waals surface area contributed by atoms with Crippen LogP contribution in [0.25, 0.3) is 0 Å². The molecule has 1 aromatic heterocycles. The zero-order chi connectivity index (χ0) is 18.4. The molecule has 26 heavy (non-hydrogen) atoms. The van der Waals surface area contributed by atoms with Crippen LogP contribution in [0.3, 0.4) is 0 Å². The third kappa shape index (κ3) is 6.11. The van der Waals surface area contributed by atoms with Crippen LogP contribution in [-0.4, -0.2) is 22.6 Å². The Morgan fingerprint density at radius 3 is 2.31 bits per heavy atom. The summed E-state index contributed by atoms with van der Waals surface area (Å²) in [6.45, 7) is -2.45. The lowest BCUT2D eigenvalue weighted by Gasteiger charge is -2.13. The second-order valence-electron chi connectivity index (χ2n) is 5.00. The van der Waals surface area contributed by atoms with Crippen LogP contribution in [-0.2, 0) is 19.3 Å². The van der Waals surface area contributed by atoms with Crippen molar-refractivity contribution in [3.63, 3.8) is 0 Å². The van der Waals surface area contributed by atoms with Gasteiger partial charge in [0.25, 0.3) is 0 Å². The van der Waals surface area contributed by atoms with E-state index in [9.17, 15) is 22.0 Å². The summed E-state index contributed by atoms with van der Waals surface area (Å²) in [4.78, 5) is 7.75. The van der Waals surface area contributed by atoms with Crippen molar-refractivity contribution in [2.24, 2.45) is 4.99 Å². The van der Waals surface area contributed by atoms with Gasteiger partial charge in [-0.15, -0.1) is 24.0 Å². The van der Waals surface area contributed by atoms with E-state index in [1.807, 2.05) is 0 Å². The van der Waals surface area contributed by atoms with Crippen molar-refractivity contribution in [1.82, 2.24) is 20.2 Å². The van der Waals surface area contributed by atoms with Crippen LogP contribution in [0.5, 0.6) is 0 Å². The normalized spacial score (nSPS) is 12.0. The average molecular weight is 489 g/mol. The summed E-state index contributed by atoms with van der Waals surface area (Å²) in [6.07, 6.45) is -1.95. The van der Waals surface area contributed by atoms with Crippen molar-refractivity contribution < 1.29 is 22.0 Å². The van der Waals surface area contributed by atoms with E-state index in [-0.39, 0.29) is 42.9 Å².